The molecule has 6 heteroatoms. The van der Waals surface area contributed by atoms with Gasteiger partial charge < -0.3 is 14.2 Å². The van der Waals surface area contributed by atoms with E-state index in [1.165, 1.54) is 0 Å². The number of ether oxygens (including phenoxy) is 3. The lowest BCUT2D eigenvalue weighted by atomic mass is 10.2. The van der Waals surface area contributed by atoms with Gasteiger partial charge in [0.05, 0.1) is 24.5 Å². The monoisotopic (exact) mass is 429 g/mol. The molecule has 0 amide bonds. The lowest BCUT2D eigenvalue weighted by molar-refractivity contribution is -0.137. The molecule has 0 N–H and O–H groups in total. The molecule has 0 aromatic heterocycles. The minimum absolute atomic E-state index is 0.256. The van der Waals surface area contributed by atoms with Crippen LogP contribution in [0.4, 0.5) is 5.69 Å². The molecule has 0 aliphatic carbocycles. The Morgan fingerprint density at radius 3 is 2.22 bits per heavy atom. The summed E-state index contributed by atoms with van der Waals surface area (Å²) in [4.78, 5) is 27.7. The molecule has 0 radical (unpaired) electrons. The van der Waals surface area contributed by atoms with Crippen molar-refractivity contribution in [3.05, 3.63) is 103 Å². The van der Waals surface area contributed by atoms with E-state index < -0.39 is 11.9 Å². The third-order valence-corrected chi connectivity index (χ3v) is 4.27. The van der Waals surface area contributed by atoms with Crippen LogP contribution in [0.2, 0.25) is 0 Å². The summed E-state index contributed by atoms with van der Waals surface area (Å²) < 4.78 is 15.8. The highest BCUT2D eigenvalue weighted by atomic mass is 16.5. The smallest absolute Gasteiger partial charge is 0.343 e. The first-order valence-electron chi connectivity index (χ1n) is 10.1. The maximum Gasteiger partial charge on any atom is 0.343 e. The average molecular weight is 429 g/mol. The first kappa shape index (κ1) is 22.5. The Labute approximate surface area is 186 Å². The van der Waals surface area contributed by atoms with Crippen molar-refractivity contribution < 1.29 is 23.8 Å². The molecule has 3 aromatic carbocycles. The number of benzene rings is 3. The Balaban J connectivity index is 1.46. The summed E-state index contributed by atoms with van der Waals surface area (Å²) >= 11 is 0. The molecule has 162 valence electrons. The van der Waals surface area contributed by atoms with Crippen molar-refractivity contribution in [3.63, 3.8) is 0 Å². The molecule has 3 aromatic rings. The van der Waals surface area contributed by atoms with Gasteiger partial charge in [0, 0.05) is 18.7 Å². The molecule has 0 fully saturated rings. The largest absolute Gasteiger partial charge is 0.493 e. The number of aliphatic imine (C=N–C) groups is 1. The Morgan fingerprint density at radius 1 is 0.844 bits per heavy atom. The lowest BCUT2D eigenvalue weighted by Crippen LogP contribution is -2.09. The number of hydrogen-bond donors (Lipinski definition) is 0. The van der Waals surface area contributed by atoms with Crippen LogP contribution in [0.1, 0.15) is 22.3 Å². The number of nitrogens with zero attached hydrogens (tertiary/aromatic N) is 1. The van der Waals surface area contributed by atoms with E-state index in [1.807, 2.05) is 30.3 Å². The van der Waals surface area contributed by atoms with E-state index in [2.05, 4.69) is 11.6 Å². The second-order valence-electron chi connectivity index (χ2n) is 6.65. The molecule has 32 heavy (non-hydrogen) atoms. The van der Waals surface area contributed by atoms with Crippen LogP contribution in [0.5, 0.6) is 11.5 Å². The second kappa shape index (κ2) is 11.9. The third kappa shape index (κ3) is 7.25. The van der Waals surface area contributed by atoms with Crippen LogP contribution in [0, 0.1) is 0 Å². The fourth-order valence-electron chi connectivity index (χ4n) is 2.62. The van der Waals surface area contributed by atoms with Crippen molar-refractivity contribution in [1.29, 1.82) is 0 Å². The Kier molecular flexibility index (Phi) is 8.34. The molecule has 0 unspecified atom stereocenters. The summed E-state index contributed by atoms with van der Waals surface area (Å²) in [6.45, 7) is 3.97. The number of hydrogen-bond acceptors (Lipinski definition) is 6. The van der Waals surface area contributed by atoms with Crippen molar-refractivity contribution in [3.8, 4) is 11.5 Å². The minimum atomic E-state index is -0.464. The summed E-state index contributed by atoms with van der Waals surface area (Å²) in [6, 6.07) is 23.4. The molecule has 0 saturated heterocycles. The van der Waals surface area contributed by atoms with Crippen LogP contribution < -0.4 is 9.47 Å². The predicted octanol–water partition coefficient (Wildman–Crippen LogP) is 5.15. The molecule has 6 nitrogen and oxygen atoms in total. The summed E-state index contributed by atoms with van der Waals surface area (Å²) in [5.41, 5.74) is 2.17. The van der Waals surface area contributed by atoms with E-state index in [9.17, 15) is 9.59 Å². The molecular weight excluding hydrogens is 406 g/mol. The number of rotatable bonds is 10. The Bertz CT molecular complexity index is 1060. The van der Waals surface area contributed by atoms with Gasteiger partial charge in [-0.15, -0.1) is 0 Å². The second-order valence-corrected chi connectivity index (χ2v) is 6.65. The van der Waals surface area contributed by atoms with E-state index in [4.69, 9.17) is 14.2 Å². The third-order valence-electron chi connectivity index (χ3n) is 4.27. The Hall–Kier alpha value is -4.19. The highest BCUT2D eigenvalue weighted by Crippen LogP contribution is 2.20. The average Bonchev–Trinajstić information content (AvgIpc) is 2.84. The molecule has 0 aliphatic heterocycles. The molecule has 0 heterocycles. The van der Waals surface area contributed by atoms with Gasteiger partial charge in [0.25, 0.3) is 0 Å². The highest BCUT2D eigenvalue weighted by molar-refractivity contribution is 5.91. The van der Waals surface area contributed by atoms with Gasteiger partial charge in [-0.05, 0) is 54.1 Å². The SMILES string of the molecule is C=CC(=O)OCCCOc1ccc(C(=O)Oc2ccc(N=Cc3ccccc3)cc2)cc1. The van der Waals surface area contributed by atoms with Gasteiger partial charge in [0.2, 0.25) is 0 Å². The summed E-state index contributed by atoms with van der Waals surface area (Å²) in [6.07, 6.45) is 3.44. The summed E-state index contributed by atoms with van der Waals surface area (Å²) in [5.74, 6) is 0.121. The zero-order valence-corrected chi connectivity index (χ0v) is 17.5. The van der Waals surface area contributed by atoms with E-state index in [1.54, 1.807) is 54.7 Å². The van der Waals surface area contributed by atoms with Gasteiger partial charge in [-0.3, -0.25) is 4.99 Å². The molecular formula is C26H23NO5. The normalized spacial score (nSPS) is 10.5. The van der Waals surface area contributed by atoms with Gasteiger partial charge in [-0.25, -0.2) is 9.59 Å². The fourth-order valence-corrected chi connectivity index (χ4v) is 2.62. The standard InChI is InChI=1S/C26H23NO5/c1-2-25(28)31-18-6-17-30-23-13-9-21(10-14-23)26(29)32-24-15-11-22(12-16-24)27-19-20-7-4-3-5-8-20/h2-5,7-16,19H,1,6,17-18H2. The van der Waals surface area contributed by atoms with Gasteiger partial charge in [0.15, 0.2) is 0 Å². The minimum Gasteiger partial charge on any atom is -0.493 e. The predicted molar refractivity (Wildman–Crippen MR) is 123 cm³/mol. The van der Waals surface area contributed by atoms with Gasteiger partial charge in [0.1, 0.15) is 11.5 Å². The topological polar surface area (TPSA) is 74.2 Å². The maximum absolute atomic E-state index is 12.4. The van der Waals surface area contributed by atoms with E-state index in [0.717, 1.165) is 17.3 Å². The van der Waals surface area contributed by atoms with Crippen molar-refractivity contribution in [2.45, 2.75) is 6.42 Å². The summed E-state index contributed by atoms with van der Waals surface area (Å²) in [7, 11) is 0. The van der Waals surface area contributed by atoms with Crippen molar-refractivity contribution in [2.24, 2.45) is 4.99 Å². The summed E-state index contributed by atoms with van der Waals surface area (Å²) in [5, 5.41) is 0. The van der Waals surface area contributed by atoms with Crippen molar-refractivity contribution in [1.82, 2.24) is 0 Å². The van der Waals surface area contributed by atoms with Crippen LogP contribution in [-0.4, -0.2) is 31.4 Å². The van der Waals surface area contributed by atoms with Crippen LogP contribution in [0.25, 0.3) is 0 Å². The van der Waals surface area contributed by atoms with Crippen molar-refractivity contribution >= 4 is 23.8 Å². The van der Waals surface area contributed by atoms with Crippen LogP contribution in [0.15, 0.2) is 96.5 Å². The molecule has 0 saturated carbocycles. The highest BCUT2D eigenvalue weighted by Gasteiger charge is 2.09. The molecule has 0 atom stereocenters. The van der Waals surface area contributed by atoms with Gasteiger partial charge in [-0.2, -0.15) is 0 Å². The number of esters is 2. The Morgan fingerprint density at radius 2 is 1.53 bits per heavy atom. The van der Waals surface area contributed by atoms with Gasteiger partial charge >= 0.3 is 11.9 Å². The zero-order valence-electron chi connectivity index (χ0n) is 17.5. The first-order chi connectivity index (χ1) is 15.6. The first-order valence-corrected chi connectivity index (χ1v) is 10.1. The van der Waals surface area contributed by atoms with Crippen LogP contribution >= 0.6 is 0 Å². The van der Waals surface area contributed by atoms with Crippen LogP contribution in [0.3, 0.4) is 0 Å². The van der Waals surface area contributed by atoms with E-state index >= 15 is 0 Å². The number of carbonyl (C=O) groups excluding carboxylic acids is 2. The molecule has 0 bridgehead atoms. The fraction of sp³-hybridized carbons (Fsp3) is 0.115. The molecule has 0 aliphatic rings. The van der Waals surface area contributed by atoms with Gasteiger partial charge in [-0.1, -0.05) is 36.9 Å². The zero-order chi connectivity index (χ0) is 22.6. The quantitative estimate of drug-likeness (QED) is 0.146. The molecule has 0 spiro atoms. The maximum atomic E-state index is 12.4. The van der Waals surface area contributed by atoms with E-state index in [0.29, 0.717) is 30.1 Å². The molecule has 3 rings (SSSR count). The number of carbonyl (C=O) groups is 2. The van der Waals surface area contributed by atoms with Crippen molar-refractivity contribution in [2.75, 3.05) is 13.2 Å². The lowest BCUT2D eigenvalue weighted by Gasteiger charge is -2.08. The van der Waals surface area contributed by atoms with E-state index in [-0.39, 0.29) is 6.61 Å². The van der Waals surface area contributed by atoms with Crippen LogP contribution in [-0.2, 0) is 9.53 Å².